The van der Waals surface area contributed by atoms with Gasteiger partial charge in [-0.25, -0.2) is 0 Å². The van der Waals surface area contributed by atoms with E-state index >= 15 is 0 Å². The first-order chi connectivity index (χ1) is 23.3. The van der Waals surface area contributed by atoms with Crippen molar-refractivity contribution in [3.05, 3.63) is 119 Å². The number of amides is 4. The molecule has 2 fully saturated rings. The Morgan fingerprint density at radius 3 is 1.21 bits per heavy atom. The summed E-state index contributed by atoms with van der Waals surface area (Å²) in [7, 11) is 0. The zero-order chi connectivity index (χ0) is 33.4. The summed E-state index contributed by atoms with van der Waals surface area (Å²) in [5.74, 6) is -0.132. The van der Waals surface area contributed by atoms with Gasteiger partial charge in [0.25, 0.3) is 23.6 Å². The maximum absolute atomic E-state index is 12.7. The molecule has 0 radical (unpaired) electrons. The molecule has 8 rings (SSSR count). The lowest BCUT2D eigenvalue weighted by Gasteiger charge is -2.34. The molecule has 4 aromatic rings. The topological polar surface area (TPSA) is 153 Å². The highest BCUT2D eigenvalue weighted by Gasteiger charge is 2.43. The summed E-state index contributed by atoms with van der Waals surface area (Å²) in [4.78, 5) is 61.8. The van der Waals surface area contributed by atoms with Crippen molar-refractivity contribution in [2.45, 2.75) is 75.3 Å². The predicted octanol–water partition coefficient (Wildman–Crippen LogP) is 5.97. The van der Waals surface area contributed by atoms with Crippen molar-refractivity contribution >= 4 is 35.0 Å². The number of carbonyl (C=O) groups is 4. The van der Waals surface area contributed by atoms with Crippen molar-refractivity contribution in [3.8, 4) is 0 Å². The molecule has 0 saturated heterocycles. The van der Waals surface area contributed by atoms with E-state index in [4.69, 9.17) is 11.5 Å². The van der Waals surface area contributed by atoms with Crippen LogP contribution in [-0.4, -0.2) is 55.5 Å². The third-order valence-corrected chi connectivity index (χ3v) is 10.3. The van der Waals surface area contributed by atoms with E-state index in [1.165, 1.54) is 9.80 Å². The van der Waals surface area contributed by atoms with E-state index in [2.05, 4.69) is 9.97 Å². The van der Waals surface area contributed by atoms with Gasteiger partial charge in [0.2, 0.25) is 0 Å². The summed E-state index contributed by atoms with van der Waals surface area (Å²) in [5, 5.41) is 0. The Morgan fingerprint density at radius 1 is 0.521 bits per heavy atom. The van der Waals surface area contributed by atoms with Gasteiger partial charge in [-0.15, -0.1) is 0 Å². The lowest BCUT2D eigenvalue weighted by molar-refractivity contribution is 0.0524. The Bertz CT molecular complexity index is 1700. The smallest absolute Gasteiger partial charge is 0.261 e. The third kappa shape index (κ3) is 5.61. The summed E-state index contributed by atoms with van der Waals surface area (Å²) in [5.41, 5.74) is 17.7. The normalized spacial score (nSPS) is 23.4. The number of hydrogen-bond acceptors (Lipinski definition) is 8. The van der Waals surface area contributed by atoms with Crippen molar-refractivity contribution in [2.24, 2.45) is 0 Å². The Morgan fingerprint density at radius 2 is 0.875 bits per heavy atom. The standard InChI is InChI=1S/2C19H19N3O2/c2*20-17-11-21-9-8-14(17)12-4-3-5-13(10-12)22-18(23)15-6-1-2-7-16(15)19(22)24/h2*1-2,6-9,11-13H,3-5,10,20H2/t2*12-,13+/m10/s1. The average molecular weight is 643 g/mol. The van der Waals surface area contributed by atoms with Crippen LogP contribution in [0.15, 0.2) is 85.5 Å². The predicted molar refractivity (Wildman–Crippen MR) is 181 cm³/mol. The second-order valence-electron chi connectivity index (χ2n) is 13.1. The molecule has 10 nitrogen and oxygen atoms in total. The van der Waals surface area contributed by atoms with Crippen LogP contribution in [0.2, 0.25) is 0 Å². The van der Waals surface area contributed by atoms with E-state index in [0.29, 0.717) is 33.6 Å². The highest BCUT2D eigenvalue weighted by atomic mass is 16.2. The molecule has 2 aliphatic carbocycles. The summed E-state index contributed by atoms with van der Waals surface area (Å²) in [6.45, 7) is 0. The number of nitrogens with two attached hydrogens (primary N) is 2. The van der Waals surface area contributed by atoms with E-state index in [1.807, 2.05) is 12.1 Å². The summed E-state index contributed by atoms with van der Waals surface area (Å²) >= 11 is 0. The van der Waals surface area contributed by atoms with Gasteiger partial charge in [-0.05, 0) is 97.9 Å². The van der Waals surface area contributed by atoms with Gasteiger partial charge in [-0.1, -0.05) is 37.1 Å². The monoisotopic (exact) mass is 642 g/mol. The molecule has 2 aromatic heterocycles. The SMILES string of the molecule is Nc1cnccc1[C@@H]1CCC[C@H](N2C(=O)c3ccccc3C2=O)C1.Nc1cnccc1[C@H]1CCC[C@@H](N2C(=O)c3ccccc3C2=O)C1. The number of pyridine rings is 2. The molecule has 0 unspecified atom stereocenters. The number of fused-ring (bicyclic) bond motifs is 2. The number of benzene rings is 2. The van der Waals surface area contributed by atoms with Gasteiger partial charge in [-0.3, -0.25) is 38.9 Å². The summed E-state index contributed by atoms with van der Waals surface area (Å²) in [6.07, 6.45) is 14.1. The molecule has 2 saturated carbocycles. The lowest BCUT2D eigenvalue weighted by atomic mass is 9.80. The van der Waals surface area contributed by atoms with Crippen LogP contribution < -0.4 is 11.5 Å². The zero-order valence-corrected chi connectivity index (χ0v) is 26.6. The Labute approximate surface area is 279 Å². The van der Waals surface area contributed by atoms with Gasteiger partial charge in [0.15, 0.2) is 0 Å². The first-order valence-corrected chi connectivity index (χ1v) is 16.7. The van der Waals surface area contributed by atoms with Crippen LogP contribution in [0.1, 0.15) is 116 Å². The molecule has 10 heteroatoms. The first-order valence-electron chi connectivity index (χ1n) is 16.7. The average Bonchev–Trinajstić information content (AvgIpc) is 3.53. The minimum Gasteiger partial charge on any atom is -0.397 e. The molecular weight excluding hydrogens is 604 g/mol. The van der Waals surface area contributed by atoms with Crippen molar-refractivity contribution in [2.75, 3.05) is 11.5 Å². The molecule has 2 aromatic carbocycles. The van der Waals surface area contributed by atoms with E-state index in [1.54, 1.807) is 73.3 Å². The van der Waals surface area contributed by atoms with Gasteiger partial charge >= 0.3 is 0 Å². The van der Waals surface area contributed by atoms with Crippen molar-refractivity contribution < 1.29 is 19.2 Å². The maximum atomic E-state index is 12.7. The van der Waals surface area contributed by atoms with Crippen molar-refractivity contribution in [1.29, 1.82) is 0 Å². The fourth-order valence-corrected chi connectivity index (χ4v) is 8.02. The van der Waals surface area contributed by atoms with E-state index < -0.39 is 0 Å². The highest BCUT2D eigenvalue weighted by molar-refractivity contribution is 6.22. The minimum absolute atomic E-state index is 0.0660. The van der Waals surface area contributed by atoms with Crippen LogP contribution in [0, 0.1) is 0 Å². The molecule has 48 heavy (non-hydrogen) atoms. The molecule has 4 N–H and O–H groups in total. The van der Waals surface area contributed by atoms with Crippen LogP contribution in [0.5, 0.6) is 0 Å². The van der Waals surface area contributed by atoms with E-state index in [9.17, 15) is 19.2 Å². The maximum Gasteiger partial charge on any atom is 0.261 e. The number of nitrogen functional groups attached to an aromatic ring is 2. The van der Waals surface area contributed by atoms with Gasteiger partial charge in [0, 0.05) is 24.5 Å². The molecular formula is C38H38N6O4. The van der Waals surface area contributed by atoms with Gasteiger partial charge < -0.3 is 11.5 Å². The lowest BCUT2D eigenvalue weighted by Crippen LogP contribution is -2.42. The minimum atomic E-state index is -0.163. The van der Waals surface area contributed by atoms with Gasteiger partial charge in [-0.2, -0.15) is 0 Å². The number of anilines is 2. The second-order valence-corrected chi connectivity index (χ2v) is 13.1. The summed E-state index contributed by atoms with van der Waals surface area (Å²) < 4.78 is 0. The van der Waals surface area contributed by atoms with Crippen LogP contribution in [-0.2, 0) is 0 Å². The molecule has 4 atom stereocenters. The number of carbonyl (C=O) groups excluding carboxylic acids is 4. The molecule has 0 spiro atoms. The highest BCUT2D eigenvalue weighted by Crippen LogP contribution is 2.41. The number of imide groups is 2. The number of hydrogen-bond donors (Lipinski definition) is 2. The van der Waals surface area contributed by atoms with Crippen LogP contribution in [0.3, 0.4) is 0 Å². The number of nitrogens with zero attached hydrogens (tertiary/aromatic N) is 4. The largest absolute Gasteiger partial charge is 0.397 e. The Kier molecular flexibility index (Phi) is 8.47. The number of rotatable bonds is 4. The van der Waals surface area contributed by atoms with Crippen LogP contribution >= 0.6 is 0 Å². The molecule has 4 amide bonds. The number of aromatic nitrogens is 2. The van der Waals surface area contributed by atoms with Crippen LogP contribution in [0.25, 0.3) is 0 Å². The van der Waals surface area contributed by atoms with E-state index in [0.717, 1.165) is 62.5 Å². The molecule has 4 heterocycles. The molecule has 0 bridgehead atoms. The van der Waals surface area contributed by atoms with E-state index in [-0.39, 0.29) is 47.5 Å². The first kappa shape index (κ1) is 31.2. The second kappa shape index (κ2) is 13.0. The molecule has 4 aliphatic rings. The third-order valence-electron chi connectivity index (χ3n) is 10.3. The molecule has 2 aliphatic heterocycles. The fraction of sp³-hybridized carbons (Fsp3) is 0.316. The van der Waals surface area contributed by atoms with Crippen molar-refractivity contribution in [3.63, 3.8) is 0 Å². The Hall–Kier alpha value is -5.38. The Balaban J connectivity index is 0.000000152. The zero-order valence-electron chi connectivity index (χ0n) is 26.6. The van der Waals surface area contributed by atoms with Crippen LogP contribution in [0.4, 0.5) is 11.4 Å². The van der Waals surface area contributed by atoms with Crippen molar-refractivity contribution in [1.82, 2.24) is 19.8 Å². The molecule has 244 valence electrons. The van der Waals surface area contributed by atoms with Gasteiger partial charge in [0.05, 0.1) is 46.0 Å². The van der Waals surface area contributed by atoms with Gasteiger partial charge in [0.1, 0.15) is 0 Å². The quantitative estimate of drug-likeness (QED) is 0.258. The fourth-order valence-electron chi connectivity index (χ4n) is 8.02. The summed E-state index contributed by atoms with van der Waals surface area (Å²) in [6, 6.07) is 17.9.